The second-order valence-electron chi connectivity index (χ2n) is 3.43. The van der Waals surface area contributed by atoms with Crippen LogP contribution in [0.1, 0.15) is 6.92 Å². The molecule has 0 amide bonds. The topological polar surface area (TPSA) is 29.4 Å². The molecule has 1 heterocycles. The molecule has 0 fully saturated rings. The molecule has 0 bridgehead atoms. The second kappa shape index (κ2) is 2.31. The number of carbonyl (C=O) groups is 1. The van der Waals surface area contributed by atoms with Crippen molar-refractivity contribution in [3.63, 3.8) is 0 Å². The Bertz CT molecular complexity index is 196. The van der Waals surface area contributed by atoms with Crippen LogP contribution < -0.4 is 0 Å². The first-order valence-corrected chi connectivity index (χ1v) is 6.80. The van der Waals surface area contributed by atoms with E-state index in [-0.39, 0.29) is 0 Å². The van der Waals surface area contributed by atoms with Crippen molar-refractivity contribution in [3.05, 3.63) is 0 Å². The van der Waals surface area contributed by atoms with Crippen LogP contribution in [0, 0.1) is 0 Å². The maximum atomic E-state index is 11.4. The van der Waals surface area contributed by atoms with E-state index in [1.807, 2.05) is 6.92 Å². The third kappa shape index (κ3) is 1.19. The summed E-state index contributed by atoms with van der Waals surface area (Å²) in [6, 6.07) is 1.03. The summed E-state index contributed by atoms with van der Waals surface area (Å²) in [5, 5.41) is 0.346. The molecular weight excluding hydrogens is 142 g/mol. The molecule has 56 valence electrons. The van der Waals surface area contributed by atoms with Gasteiger partial charge in [0.25, 0.3) is 0 Å². The average Bonchev–Trinajstić information content (AvgIpc) is 1.83. The summed E-state index contributed by atoms with van der Waals surface area (Å²) < 4.78 is 0. The van der Waals surface area contributed by atoms with Gasteiger partial charge in [-0.05, 0) is 13.0 Å². The zero-order valence-electron chi connectivity index (χ0n) is 6.77. The number of nitrogens with zero attached hydrogens (tertiary/aromatic N) is 1. The van der Waals surface area contributed by atoms with Crippen LogP contribution in [-0.4, -0.2) is 25.7 Å². The van der Waals surface area contributed by atoms with Crippen molar-refractivity contribution in [1.82, 2.24) is 0 Å². The zero-order valence-corrected chi connectivity index (χ0v) is 7.77. The second-order valence-corrected chi connectivity index (χ2v) is 8.15. The Morgan fingerprint density at radius 2 is 2.10 bits per heavy atom. The Labute approximate surface area is 62.4 Å². The van der Waals surface area contributed by atoms with Crippen molar-refractivity contribution in [2.45, 2.75) is 26.1 Å². The lowest BCUT2D eigenvalue weighted by molar-refractivity contribution is -0.107. The van der Waals surface area contributed by atoms with Crippen LogP contribution in [0.2, 0.25) is 19.1 Å². The van der Waals surface area contributed by atoms with Gasteiger partial charge in [0.15, 0.2) is 5.41 Å². The maximum absolute atomic E-state index is 11.4. The zero-order chi connectivity index (χ0) is 7.78. The molecule has 0 aromatic rings. The van der Waals surface area contributed by atoms with E-state index in [1.54, 1.807) is 0 Å². The smallest absolute Gasteiger partial charge is 0.153 e. The predicted molar refractivity (Wildman–Crippen MR) is 45.3 cm³/mol. The first-order valence-electron chi connectivity index (χ1n) is 3.60. The molecule has 0 spiro atoms. The fraction of sp³-hybridized carbons (Fsp3) is 0.714. The third-order valence-electron chi connectivity index (χ3n) is 2.03. The fourth-order valence-electron chi connectivity index (χ4n) is 1.18. The molecule has 0 saturated heterocycles. The van der Waals surface area contributed by atoms with Crippen molar-refractivity contribution in [1.29, 1.82) is 0 Å². The van der Waals surface area contributed by atoms with Crippen LogP contribution in [0.3, 0.4) is 0 Å². The van der Waals surface area contributed by atoms with Crippen molar-refractivity contribution >= 4 is 19.2 Å². The standard InChI is InChI=1S/C7H13NOSi/c1-6-7(9)10(2,3)5-4-8-6/h4-5H2,1-3H3. The van der Waals surface area contributed by atoms with Crippen LogP contribution in [0.25, 0.3) is 0 Å². The Morgan fingerprint density at radius 1 is 1.50 bits per heavy atom. The van der Waals surface area contributed by atoms with Gasteiger partial charge in [0.05, 0.1) is 5.71 Å². The number of aliphatic imine (C=N–C) groups is 1. The fourth-order valence-corrected chi connectivity index (χ4v) is 3.13. The van der Waals surface area contributed by atoms with E-state index in [9.17, 15) is 4.79 Å². The summed E-state index contributed by atoms with van der Waals surface area (Å²) in [5.74, 6) is 0. The van der Waals surface area contributed by atoms with E-state index in [0.717, 1.165) is 18.3 Å². The van der Waals surface area contributed by atoms with Gasteiger partial charge in [-0.1, -0.05) is 13.1 Å². The van der Waals surface area contributed by atoms with Crippen LogP contribution >= 0.6 is 0 Å². The van der Waals surface area contributed by atoms with Gasteiger partial charge in [0, 0.05) is 6.54 Å². The number of hydrogen-bond acceptors (Lipinski definition) is 2. The molecule has 2 nitrogen and oxygen atoms in total. The highest BCUT2D eigenvalue weighted by Gasteiger charge is 2.33. The first kappa shape index (κ1) is 7.66. The molecule has 0 aromatic heterocycles. The summed E-state index contributed by atoms with van der Waals surface area (Å²) >= 11 is 0. The van der Waals surface area contributed by atoms with Gasteiger partial charge in [-0.15, -0.1) is 0 Å². The monoisotopic (exact) mass is 155 g/mol. The molecule has 10 heavy (non-hydrogen) atoms. The van der Waals surface area contributed by atoms with Crippen LogP contribution in [0.5, 0.6) is 0 Å². The highest BCUT2D eigenvalue weighted by atomic mass is 28.3. The van der Waals surface area contributed by atoms with Crippen molar-refractivity contribution < 1.29 is 4.79 Å². The van der Waals surface area contributed by atoms with E-state index in [2.05, 4.69) is 18.1 Å². The normalized spacial score (nSPS) is 24.3. The minimum absolute atomic E-state index is 0.346. The summed E-state index contributed by atoms with van der Waals surface area (Å²) in [6.07, 6.45) is 0. The molecule has 0 aliphatic carbocycles. The largest absolute Gasteiger partial charge is 0.299 e. The summed E-state index contributed by atoms with van der Waals surface area (Å²) in [7, 11) is -1.53. The van der Waals surface area contributed by atoms with E-state index in [0.29, 0.717) is 5.41 Å². The minimum atomic E-state index is -1.53. The van der Waals surface area contributed by atoms with E-state index < -0.39 is 8.07 Å². The molecule has 1 rings (SSSR count). The number of rotatable bonds is 0. The molecule has 1 aliphatic rings. The molecule has 0 radical (unpaired) electrons. The van der Waals surface area contributed by atoms with Gasteiger partial charge < -0.3 is 0 Å². The first-order chi connectivity index (χ1) is 4.54. The molecule has 3 heteroatoms. The van der Waals surface area contributed by atoms with Crippen molar-refractivity contribution in [2.75, 3.05) is 6.54 Å². The molecule has 0 atom stereocenters. The Morgan fingerprint density at radius 3 is 2.50 bits per heavy atom. The Hall–Kier alpha value is -0.443. The van der Waals surface area contributed by atoms with E-state index >= 15 is 0 Å². The van der Waals surface area contributed by atoms with Crippen LogP contribution in [0.4, 0.5) is 0 Å². The van der Waals surface area contributed by atoms with Gasteiger partial charge in [0.1, 0.15) is 8.07 Å². The van der Waals surface area contributed by atoms with Gasteiger partial charge >= 0.3 is 0 Å². The van der Waals surface area contributed by atoms with E-state index in [1.165, 1.54) is 0 Å². The molecular formula is C7H13NOSi. The molecule has 0 N–H and O–H groups in total. The number of carbonyl (C=O) groups excluding carboxylic acids is 1. The van der Waals surface area contributed by atoms with Gasteiger partial charge in [-0.25, -0.2) is 0 Å². The minimum Gasteiger partial charge on any atom is -0.299 e. The van der Waals surface area contributed by atoms with Gasteiger partial charge in [-0.2, -0.15) is 0 Å². The lowest BCUT2D eigenvalue weighted by Gasteiger charge is -2.23. The molecule has 1 aliphatic heterocycles. The molecule has 0 unspecified atom stereocenters. The lowest BCUT2D eigenvalue weighted by atomic mass is 10.4. The lowest BCUT2D eigenvalue weighted by Crippen LogP contribution is -2.44. The maximum Gasteiger partial charge on any atom is 0.153 e. The molecule has 0 aromatic carbocycles. The Kier molecular flexibility index (Phi) is 1.77. The van der Waals surface area contributed by atoms with Crippen LogP contribution in [0.15, 0.2) is 4.99 Å². The third-order valence-corrected chi connectivity index (χ3v) is 5.09. The summed E-state index contributed by atoms with van der Waals surface area (Å²) in [4.78, 5) is 15.5. The molecule has 0 saturated carbocycles. The summed E-state index contributed by atoms with van der Waals surface area (Å²) in [6.45, 7) is 6.94. The average molecular weight is 155 g/mol. The predicted octanol–water partition coefficient (Wildman–Crippen LogP) is 1.28. The summed E-state index contributed by atoms with van der Waals surface area (Å²) in [5.41, 5.74) is 0.753. The quantitative estimate of drug-likeness (QED) is 0.484. The van der Waals surface area contributed by atoms with Gasteiger partial charge in [0.2, 0.25) is 0 Å². The van der Waals surface area contributed by atoms with Crippen LogP contribution in [-0.2, 0) is 4.79 Å². The number of hydrogen-bond donors (Lipinski definition) is 0. The van der Waals surface area contributed by atoms with E-state index in [4.69, 9.17) is 0 Å². The van der Waals surface area contributed by atoms with Crippen molar-refractivity contribution in [3.8, 4) is 0 Å². The van der Waals surface area contributed by atoms with Gasteiger partial charge in [-0.3, -0.25) is 9.79 Å². The highest BCUT2D eigenvalue weighted by Crippen LogP contribution is 2.15. The Balaban J connectivity index is 2.89. The highest BCUT2D eigenvalue weighted by molar-refractivity contribution is 7.13. The van der Waals surface area contributed by atoms with Crippen molar-refractivity contribution in [2.24, 2.45) is 4.99 Å². The SMILES string of the molecule is CC1=NCC[Si](C)(C)C1=O.